The molecule has 0 radical (unpaired) electrons. The molecule has 1 N–H and O–H groups in total. The molecule has 0 atom stereocenters. The highest BCUT2D eigenvalue weighted by atomic mass is 35.5. The van der Waals surface area contributed by atoms with Crippen molar-refractivity contribution in [2.45, 2.75) is 18.4 Å². The Hall–Kier alpha value is -3.07. The molecule has 1 amide bonds. The highest BCUT2D eigenvalue weighted by molar-refractivity contribution is 7.89. The van der Waals surface area contributed by atoms with Crippen LogP contribution in [-0.4, -0.2) is 38.9 Å². The molecular weight excluding hydrogens is 464 g/mol. The van der Waals surface area contributed by atoms with Gasteiger partial charge in [-0.2, -0.15) is 4.31 Å². The summed E-state index contributed by atoms with van der Waals surface area (Å²) in [6, 6.07) is 20.2. The lowest BCUT2D eigenvalue weighted by atomic mass is 10.2. The molecule has 0 aliphatic carbocycles. The Morgan fingerprint density at radius 2 is 1.70 bits per heavy atom. The molecular formula is C24H25ClN2O5S. The van der Waals surface area contributed by atoms with E-state index >= 15 is 0 Å². The summed E-state index contributed by atoms with van der Waals surface area (Å²) in [6.07, 6.45) is 0. The maximum absolute atomic E-state index is 13.5. The van der Waals surface area contributed by atoms with Crippen molar-refractivity contribution >= 4 is 33.2 Å². The number of nitrogens with one attached hydrogen (secondary N) is 1. The molecule has 0 spiro atoms. The highest BCUT2D eigenvalue weighted by Crippen LogP contribution is 2.29. The summed E-state index contributed by atoms with van der Waals surface area (Å²) >= 11 is 6.16. The van der Waals surface area contributed by atoms with E-state index < -0.39 is 22.5 Å². The highest BCUT2D eigenvalue weighted by Gasteiger charge is 2.28. The zero-order chi connectivity index (χ0) is 23.8. The van der Waals surface area contributed by atoms with Crippen molar-refractivity contribution in [3.8, 4) is 11.5 Å². The van der Waals surface area contributed by atoms with Crippen LogP contribution in [0.4, 0.5) is 5.69 Å². The number of carbonyl (C=O) groups excluding carboxylic acids is 1. The summed E-state index contributed by atoms with van der Waals surface area (Å²) in [4.78, 5) is 12.9. The van der Waals surface area contributed by atoms with E-state index in [1.165, 1.54) is 25.3 Å². The Labute approximate surface area is 198 Å². The SMILES string of the molecule is CCOc1ccccc1NC(=O)CN(Cc1ccccc1)S(=O)(=O)c1ccc(OC)c(Cl)c1. The molecule has 3 aromatic rings. The van der Waals surface area contributed by atoms with Crippen LogP contribution in [0.3, 0.4) is 0 Å². The first kappa shape index (κ1) is 24.6. The lowest BCUT2D eigenvalue weighted by Gasteiger charge is -2.22. The van der Waals surface area contributed by atoms with Crippen LogP contribution in [0, 0.1) is 0 Å². The molecule has 0 fully saturated rings. The number of ether oxygens (including phenoxy) is 2. The van der Waals surface area contributed by atoms with Gasteiger partial charge in [0, 0.05) is 6.54 Å². The molecule has 0 saturated carbocycles. The molecule has 0 heterocycles. The van der Waals surface area contributed by atoms with Crippen molar-refractivity contribution in [2.75, 3.05) is 25.6 Å². The summed E-state index contributed by atoms with van der Waals surface area (Å²) in [5.41, 5.74) is 1.21. The zero-order valence-electron chi connectivity index (χ0n) is 18.3. The van der Waals surface area contributed by atoms with E-state index in [-0.39, 0.29) is 16.5 Å². The molecule has 9 heteroatoms. The van der Waals surface area contributed by atoms with Gasteiger partial charge in [0.2, 0.25) is 15.9 Å². The number of benzene rings is 3. The summed E-state index contributed by atoms with van der Waals surface area (Å²) in [7, 11) is -2.61. The van der Waals surface area contributed by atoms with Gasteiger partial charge in [0.25, 0.3) is 0 Å². The molecule has 3 aromatic carbocycles. The fourth-order valence-electron chi connectivity index (χ4n) is 3.17. The van der Waals surface area contributed by atoms with Crippen LogP contribution in [0.25, 0.3) is 0 Å². The third-order valence-electron chi connectivity index (χ3n) is 4.74. The molecule has 0 bridgehead atoms. The molecule has 0 saturated heterocycles. The number of amides is 1. The van der Waals surface area contributed by atoms with Gasteiger partial charge in [-0.3, -0.25) is 4.79 Å². The predicted molar refractivity (Wildman–Crippen MR) is 128 cm³/mol. The van der Waals surface area contributed by atoms with E-state index in [0.29, 0.717) is 23.8 Å². The van der Waals surface area contributed by atoms with E-state index in [9.17, 15) is 13.2 Å². The Bertz CT molecular complexity index is 1200. The van der Waals surface area contributed by atoms with Gasteiger partial charge in [-0.05, 0) is 42.8 Å². The first-order chi connectivity index (χ1) is 15.8. The lowest BCUT2D eigenvalue weighted by Crippen LogP contribution is -2.37. The van der Waals surface area contributed by atoms with Crippen molar-refractivity contribution in [3.05, 3.63) is 83.4 Å². The monoisotopic (exact) mass is 488 g/mol. The Morgan fingerprint density at radius 3 is 2.36 bits per heavy atom. The van der Waals surface area contributed by atoms with Crippen LogP contribution >= 0.6 is 11.6 Å². The number of hydrogen-bond acceptors (Lipinski definition) is 5. The third kappa shape index (κ3) is 6.25. The van der Waals surface area contributed by atoms with E-state index in [0.717, 1.165) is 9.87 Å². The number of anilines is 1. The summed E-state index contributed by atoms with van der Waals surface area (Å²) in [5, 5.41) is 2.91. The Balaban J connectivity index is 1.90. The molecule has 0 aliphatic heterocycles. The molecule has 0 aliphatic rings. The minimum absolute atomic E-state index is 0.00729. The van der Waals surface area contributed by atoms with E-state index in [4.69, 9.17) is 21.1 Å². The molecule has 33 heavy (non-hydrogen) atoms. The fourth-order valence-corrected chi connectivity index (χ4v) is 4.90. The van der Waals surface area contributed by atoms with Gasteiger partial charge in [-0.1, -0.05) is 54.1 Å². The fraction of sp³-hybridized carbons (Fsp3) is 0.208. The van der Waals surface area contributed by atoms with Gasteiger partial charge in [0.1, 0.15) is 11.5 Å². The molecule has 0 unspecified atom stereocenters. The number of para-hydroxylation sites is 2. The van der Waals surface area contributed by atoms with Crippen LogP contribution in [0.5, 0.6) is 11.5 Å². The maximum atomic E-state index is 13.5. The predicted octanol–water partition coefficient (Wildman–Crippen LogP) is 4.58. The standard InChI is InChI=1S/C24H25ClN2O5S/c1-3-32-23-12-8-7-11-21(23)26-24(28)17-27(16-18-9-5-4-6-10-18)33(29,30)19-13-14-22(31-2)20(25)15-19/h4-15H,3,16-17H2,1-2H3,(H,26,28). The quantitative estimate of drug-likeness (QED) is 0.451. The number of carbonyl (C=O) groups is 1. The maximum Gasteiger partial charge on any atom is 0.243 e. The average molecular weight is 489 g/mol. The van der Waals surface area contributed by atoms with Crippen LogP contribution in [0.2, 0.25) is 5.02 Å². The summed E-state index contributed by atoms with van der Waals surface area (Å²) < 4.78 is 38.7. The lowest BCUT2D eigenvalue weighted by molar-refractivity contribution is -0.116. The topological polar surface area (TPSA) is 84.9 Å². The van der Waals surface area contributed by atoms with Crippen LogP contribution in [-0.2, 0) is 21.4 Å². The van der Waals surface area contributed by atoms with Gasteiger partial charge in [0.05, 0.1) is 35.9 Å². The van der Waals surface area contributed by atoms with E-state index in [1.807, 2.05) is 25.1 Å². The van der Waals surface area contributed by atoms with Gasteiger partial charge in [0.15, 0.2) is 0 Å². The van der Waals surface area contributed by atoms with Crippen molar-refractivity contribution in [2.24, 2.45) is 0 Å². The van der Waals surface area contributed by atoms with E-state index in [2.05, 4.69) is 5.32 Å². The van der Waals surface area contributed by atoms with Crippen molar-refractivity contribution in [3.63, 3.8) is 0 Å². The number of methoxy groups -OCH3 is 1. The number of nitrogens with zero attached hydrogens (tertiary/aromatic N) is 1. The van der Waals surface area contributed by atoms with Gasteiger partial charge < -0.3 is 14.8 Å². The van der Waals surface area contributed by atoms with Crippen molar-refractivity contribution < 1.29 is 22.7 Å². The van der Waals surface area contributed by atoms with Crippen LogP contribution in [0.1, 0.15) is 12.5 Å². The summed E-state index contributed by atoms with van der Waals surface area (Å²) in [6.45, 7) is 1.88. The van der Waals surface area contributed by atoms with Gasteiger partial charge in [-0.25, -0.2) is 8.42 Å². The number of halogens is 1. The van der Waals surface area contributed by atoms with Crippen molar-refractivity contribution in [1.29, 1.82) is 0 Å². The molecule has 174 valence electrons. The number of rotatable bonds is 10. The van der Waals surface area contributed by atoms with Crippen LogP contribution in [0.15, 0.2) is 77.7 Å². The second kappa shape index (κ2) is 11.2. The minimum Gasteiger partial charge on any atom is -0.495 e. The number of sulfonamides is 1. The summed E-state index contributed by atoms with van der Waals surface area (Å²) in [5.74, 6) is 0.365. The van der Waals surface area contributed by atoms with Gasteiger partial charge in [-0.15, -0.1) is 0 Å². The van der Waals surface area contributed by atoms with Gasteiger partial charge >= 0.3 is 0 Å². The van der Waals surface area contributed by atoms with Crippen LogP contribution < -0.4 is 14.8 Å². The minimum atomic E-state index is -4.05. The second-order valence-corrected chi connectivity index (χ2v) is 9.38. The molecule has 0 aromatic heterocycles. The average Bonchev–Trinajstić information content (AvgIpc) is 2.80. The first-order valence-electron chi connectivity index (χ1n) is 10.2. The third-order valence-corrected chi connectivity index (χ3v) is 6.83. The smallest absolute Gasteiger partial charge is 0.243 e. The largest absolute Gasteiger partial charge is 0.495 e. The Kier molecular flexibility index (Phi) is 8.32. The molecule has 3 rings (SSSR count). The second-order valence-electron chi connectivity index (χ2n) is 7.03. The van der Waals surface area contributed by atoms with Crippen molar-refractivity contribution in [1.82, 2.24) is 4.31 Å². The normalized spacial score (nSPS) is 11.3. The zero-order valence-corrected chi connectivity index (χ0v) is 19.9. The number of hydrogen-bond donors (Lipinski definition) is 1. The first-order valence-corrected chi connectivity index (χ1v) is 12.1. The van der Waals surface area contributed by atoms with E-state index in [1.54, 1.807) is 36.4 Å². The molecule has 7 nitrogen and oxygen atoms in total. The Morgan fingerprint density at radius 1 is 1.00 bits per heavy atom.